The van der Waals surface area contributed by atoms with E-state index in [9.17, 15) is 13.2 Å². The highest BCUT2D eigenvalue weighted by molar-refractivity contribution is 9.10. The van der Waals surface area contributed by atoms with Crippen molar-refractivity contribution in [2.75, 3.05) is 11.6 Å². The largest absolute Gasteiger partial charge is 0.481 e. The maximum atomic E-state index is 12.7. The van der Waals surface area contributed by atoms with Crippen LogP contribution in [0.4, 0.5) is 0 Å². The van der Waals surface area contributed by atoms with Gasteiger partial charge in [0.05, 0.1) is 15.5 Å². The average Bonchev–Trinajstić information content (AvgIpc) is 3.01. The third-order valence-corrected chi connectivity index (χ3v) is 6.78. The van der Waals surface area contributed by atoms with E-state index in [2.05, 4.69) is 26.1 Å². The Morgan fingerprint density at radius 2 is 1.63 bits per heavy atom. The highest BCUT2D eigenvalue weighted by Gasteiger charge is 2.19. The van der Waals surface area contributed by atoms with E-state index in [-0.39, 0.29) is 20.7 Å². The maximum absolute atomic E-state index is 12.7. The summed E-state index contributed by atoms with van der Waals surface area (Å²) in [5.74, 6) is 5.02. The lowest BCUT2D eigenvalue weighted by atomic mass is 10.2. The topological polar surface area (TPSA) is 128 Å². The van der Waals surface area contributed by atoms with Crippen LogP contribution in [0.1, 0.15) is 0 Å². The van der Waals surface area contributed by atoms with E-state index in [4.69, 9.17) is 10.9 Å². The number of carboxylic acids is 1. The summed E-state index contributed by atoms with van der Waals surface area (Å²) in [5, 5.41) is 16.8. The second kappa shape index (κ2) is 7.71. The van der Waals surface area contributed by atoms with Crippen molar-refractivity contribution < 1.29 is 18.3 Å². The number of aliphatic carboxylic acids is 1. The summed E-state index contributed by atoms with van der Waals surface area (Å²) in [6.07, 6.45) is 0. The number of rotatable bonds is 6. The molecule has 0 spiro atoms. The highest BCUT2D eigenvalue weighted by Crippen LogP contribution is 2.26. The zero-order valence-corrected chi connectivity index (χ0v) is 16.8. The van der Waals surface area contributed by atoms with Crippen LogP contribution in [0.2, 0.25) is 0 Å². The second-order valence-electron chi connectivity index (χ2n) is 5.34. The molecule has 0 aliphatic carbocycles. The van der Waals surface area contributed by atoms with Crippen LogP contribution in [-0.4, -0.2) is 40.1 Å². The summed E-state index contributed by atoms with van der Waals surface area (Å²) in [7, 11) is -3.64. The Balaban J connectivity index is 1.87. The Bertz CT molecular complexity index is 1080. The SMILES string of the molecule is Nn1c(SCC(=O)O)nnc1-c1ccc(S(=O)(=O)c2ccc(Br)cc2)cc1. The molecule has 140 valence electrons. The summed E-state index contributed by atoms with van der Waals surface area (Å²) in [6, 6.07) is 12.4. The fourth-order valence-electron chi connectivity index (χ4n) is 2.23. The summed E-state index contributed by atoms with van der Waals surface area (Å²) >= 11 is 4.22. The monoisotopic (exact) mass is 468 g/mol. The van der Waals surface area contributed by atoms with Gasteiger partial charge < -0.3 is 10.9 Å². The van der Waals surface area contributed by atoms with Gasteiger partial charge in [-0.2, -0.15) is 0 Å². The number of sulfone groups is 1. The van der Waals surface area contributed by atoms with Gasteiger partial charge in [0, 0.05) is 10.0 Å². The van der Waals surface area contributed by atoms with E-state index in [0.717, 1.165) is 16.2 Å². The van der Waals surface area contributed by atoms with Gasteiger partial charge in [0.1, 0.15) is 0 Å². The van der Waals surface area contributed by atoms with Gasteiger partial charge in [-0.15, -0.1) is 10.2 Å². The summed E-state index contributed by atoms with van der Waals surface area (Å²) in [4.78, 5) is 11.0. The fourth-order valence-corrected chi connectivity index (χ4v) is 4.33. The predicted octanol–water partition coefficient (Wildman–Crippen LogP) is 2.43. The van der Waals surface area contributed by atoms with Gasteiger partial charge in [-0.25, -0.2) is 13.1 Å². The molecule has 27 heavy (non-hydrogen) atoms. The molecule has 11 heteroatoms. The lowest BCUT2D eigenvalue weighted by Gasteiger charge is -2.07. The first-order chi connectivity index (χ1) is 12.8. The number of benzene rings is 2. The van der Waals surface area contributed by atoms with Crippen LogP contribution >= 0.6 is 27.7 Å². The number of carbonyl (C=O) groups is 1. The van der Waals surface area contributed by atoms with Crippen molar-refractivity contribution >= 4 is 43.5 Å². The molecule has 0 saturated carbocycles. The Morgan fingerprint density at radius 1 is 1.07 bits per heavy atom. The van der Waals surface area contributed by atoms with Crippen molar-refractivity contribution in [3.8, 4) is 11.4 Å². The predicted molar refractivity (Wildman–Crippen MR) is 104 cm³/mol. The summed E-state index contributed by atoms with van der Waals surface area (Å²) in [5.41, 5.74) is 0.557. The van der Waals surface area contributed by atoms with Crippen molar-refractivity contribution in [2.24, 2.45) is 0 Å². The molecular weight excluding hydrogens is 456 g/mol. The molecule has 0 atom stereocenters. The molecule has 3 N–H and O–H groups in total. The first-order valence-corrected chi connectivity index (χ1v) is 10.7. The van der Waals surface area contributed by atoms with Crippen LogP contribution in [0.3, 0.4) is 0 Å². The number of thioether (sulfide) groups is 1. The number of aromatic nitrogens is 3. The van der Waals surface area contributed by atoms with Gasteiger partial charge in [0.15, 0.2) is 5.82 Å². The first kappa shape index (κ1) is 19.4. The standard InChI is InChI=1S/C16H13BrN4O4S2/c17-11-3-7-13(8-4-11)27(24,25)12-5-1-10(2-6-12)15-19-20-16(21(15)18)26-9-14(22)23/h1-8H,9,18H2,(H,22,23). The smallest absolute Gasteiger partial charge is 0.313 e. The molecule has 0 saturated heterocycles. The van der Waals surface area contributed by atoms with Gasteiger partial charge in [-0.3, -0.25) is 4.79 Å². The molecule has 2 aromatic carbocycles. The lowest BCUT2D eigenvalue weighted by molar-refractivity contribution is -0.133. The number of carboxylic acid groups (broad SMARTS) is 1. The minimum absolute atomic E-state index is 0.136. The molecule has 0 fully saturated rings. The molecule has 0 amide bonds. The van der Waals surface area contributed by atoms with E-state index < -0.39 is 15.8 Å². The molecule has 3 aromatic rings. The fraction of sp³-hybridized carbons (Fsp3) is 0.0625. The minimum atomic E-state index is -3.64. The molecule has 1 heterocycles. The van der Waals surface area contributed by atoms with Crippen molar-refractivity contribution in [1.29, 1.82) is 0 Å². The van der Waals surface area contributed by atoms with Gasteiger partial charge in [0.2, 0.25) is 15.0 Å². The number of nitrogens with two attached hydrogens (primary N) is 1. The van der Waals surface area contributed by atoms with Crippen LogP contribution in [0.25, 0.3) is 11.4 Å². The van der Waals surface area contributed by atoms with Gasteiger partial charge in [0.25, 0.3) is 0 Å². The van der Waals surface area contributed by atoms with E-state index in [1.807, 2.05) is 0 Å². The third-order valence-electron chi connectivity index (χ3n) is 3.54. The molecule has 0 aliphatic rings. The molecule has 0 unspecified atom stereocenters. The molecular formula is C16H13BrN4O4S2. The number of hydrogen-bond donors (Lipinski definition) is 2. The van der Waals surface area contributed by atoms with Crippen LogP contribution in [0.5, 0.6) is 0 Å². The Labute approximate surface area is 167 Å². The molecule has 3 rings (SSSR count). The van der Waals surface area contributed by atoms with E-state index in [0.29, 0.717) is 11.4 Å². The van der Waals surface area contributed by atoms with Gasteiger partial charge >= 0.3 is 5.97 Å². The summed E-state index contributed by atoms with van der Waals surface area (Å²) in [6.45, 7) is 0. The Kier molecular flexibility index (Phi) is 5.53. The quantitative estimate of drug-likeness (QED) is 0.416. The van der Waals surface area contributed by atoms with Crippen molar-refractivity contribution in [1.82, 2.24) is 14.9 Å². The number of halogens is 1. The second-order valence-corrected chi connectivity index (χ2v) is 9.15. The van der Waals surface area contributed by atoms with Gasteiger partial charge in [-0.05, 0) is 48.5 Å². The molecule has 0 radical (unpaired) electrons. The number of nitrogen functional groups attached to an aromatic ring is 1. The highest BCUT2D eigenvalue weighted by atomic mass is 79.9. The molecule has 8 nitrogen and oxygen atoms in total. The van der Waals surface area contributed by atoms with Crippen molar-refractivity contribution in [3.63, 3.8) is 0 Å². The summed E-state index contributed by atoms with van der Waals surface area (Å²) < 4.78 is 27.3. The lowest BCUT2D eigenvalue weighted by Crippen LogP contribution is -2.12. The van der Waals surface area contributed by atoms with E-state index in [1.165, 1.54) is 28.9 Å². The normalized spacial score (nSPS) is 11.4. The van der Waals surface area contributed by atoms with Crippen LogP contribution < -0.4 is 5.84 Å². The van der Waals surface area contributed by atoms with Crippen molar-refractivity contribution in [2.45, 2.75) is 14.9 Å². The Morgan fingerprint density at radius 3 is 2.19 bits per heavy atom. The van der Waals surface area contributed by atoms with Gasteiger partial charge in [-0.1, -0.05) is 27.7 Å². The minimum Gasteiger partial charge on any atom is -0.481 e. The Hall–Kier alpha value is -2.37. The van der Waals surface area contributed by atoms with Crippen LogP contribution in [-0.2, 0) is 14.6 Å². The zero-order chi connectivity index (χ0) is 19.6. The van der Waals surface area contributed by atoms with E-state index in [1.54, 1.807) is 24.3 Å². The first-order valence-electron chi connectivity index (χ1n) is 7.45. The maximum Gasteiger partial charge on any atom is 0.313 e. The van der Waals surface area contributed by atoms with Crippen LogP contribution in [0.15, 0.2) is 68.0 Å². The molecule has 1 aromatic heterocycles. The van der Waals surface area contributed by atoms with Crippen LogP contribution in [0, 0.1) is 0 Å². The van der Waals surface area contributed by atoms with Crippen molar-refractivity contribution in [3.05, 3.63) is 53.0 Å². The number of nitrogens with zero attached hydrogens (tertiary/aromatic N) is 3. The molecule has 0 aliphatic heterocycles. The average molecular weight is 469 g/mol. The zero-order valence-electron chi connectivity index (χ0n) is 13.6. The molecule has 0 bridgehead atoms. The third kappa shape index (κ3) is 4.15. The number of hydrogen-bond acceptors (Lipinski definition) is 7. The van der Waals surface area contributed by atoms with E-state index >= 15 is 0 Å².